The summed E-state index contributed by atoms with van der Waals surface area (Å²) in [5, 5.41) is 15.3. The summed E-state index contributed by atoms with van der Waals surface area (Å²) in [6, 6.07) is 5.59. The van der Waals surface area contributed by atoms with Crippen LogP contribution in [0.5, 0.6) is 0 Å². The lowest BCUT2D eigenvalue weighted by atomic mass is 10.2. The van der Waals surface area contributed by atoms with Gasteiger partial charge in [-0.3, -0.25) is 5.10 Å². The van der Waals surface area contributed by atoms with E-state index in [4.69, 9.17) is 5.11 Å². The third-order valence-electron chi connectivity index (χ3n) is 2.49. The predicted octanol–water partition coefficient (Wildman–Crippen LogP) is 1.19. The van der Waals surface area contributed by atoms with Crippen molar-refractivity contribution in [2.45, 2.75) is 11.4 Å². The summed E-state index contributed by atoms with van der Waals surface area (Å²) in [5.74, 6) is -1.17. The van der Waals surface area contributed by atoms with E-state index in [2.05, 4.69) is 14.9 Å². The number of carboxylic acids is 1. The van der Waals surface area contributed by atoms with Gasteiger partial charge in [0.05, 0.1) is 22.7 Å². The number of aromatic nitrogens is 2. The predicted molar refractivity (Wildman–Crippen MR) is 78.7 cm³/mol. The van der Waals surface area contributed by atoms with E-state index in [0.29, 0.717) is 9.26 Å². The highest BCUT2D eigenvalue weighted by atomic mass is 127. The molecule has 1 heterocycles. The molecule has 0 amide bonds. The number of carbonyl (C=O) groups is 1. The number of nitrogens with one attached hydrogen (secondary N) is 2. The third kappa shape index (κ3) is 3.35. The second kappa shape index (κ2) is 5.89. The number of sulfonamides is 1. The minimum Gasteiger partial charge on any atom is -0.478 e. The Kier molecular flexibility index (Phi) is 4.40. The number of nitrogens with zero attached hydrogens (tertiary/aromatic N) is 1. The maximum atomic E-state index is 12.1. The molecule has 0 radical (unpaired) electrons. The molecule has 0 aliphatic heterocycles. The highest BCUT2D eigenvalue weighted by Crippen LogP contribution is 2.18. The Hall–Kier alpha value is -1.46. The Morgan fingerprint density at radius 3 is 2.75 bits per heavy atom. The molecule has 0 aliphatic carbocycles. The lowest BCUT2D eigenvalue weighted by molar-refractivity contribution is 0.0695. The zero-order valence-corrected chi connectivity index (χ0v) is 13.0. The maximum absolute atomic E-state index is 12.1. The zero-order valence-electron chi connectivity index (χ0n) is 10.00. The van der Waals surface area contributed by atoms with Crippen LogP contribution in [0.3, 0.4) is 0 Å². The molecule has 2 rings (SSSR count). The van der Waals surface area contributed by atoms with Crippen molar-refractivity contribution in [2.75, 3.05) is 0 Å². The quantitative estimate of drug-likeness (QED) is 0.645. The van der Waals surface area contributed by atoms with Crippen LogP contribution >= 0.6 is 22.6 Å². The van der Waals surface area contributed by atoms with E-state index in [1.54, 1.807) is 6.07 Å². The summed E-state index contributed by atoms with van der Waals surface area (Å²) in [4.78, 5) is 10.9. The Labute approximate surface area is 128 Å². The van der Waals surface area contributed by atoms with Crippen LogP contribution in [0, 0.1) is 3.57 Å². The molecule has 0 aliphatic rings. The molecule has 1 aromatic carbocycles. The molecule has 0 saturated heterocycles. The molecule has 9 heteroatoms. The molecular formula is C11H10IN3O4S. The van der Waals surface area contributed by atoms with Gasteiger partial charge < -0.3 is 5.11 Å². The van der Waals surface area contributed by atoms with Crippen LogP contribution < -0.4 is 4.72 Å². The van der Waals surface area contributed by atoms with Gasteiger partial charge in [0.25, 0.3) is 0 Å². The van der Waals surface area contributed by atoms with Gasteiger partial charge in [-0.25, -0.2) is 17.9 Å². The van der Waals surface area contributed by atoms with Crippen LogP contribution in [0.2, 0.25) is 0 Å². The second-order valence-corrected chi connectivity index (χ2v) is 6.78. The minimum atomic E-state index is -3.77. The van der Waals surface area contributed by atoms with Crippen molar-refractivity contribution in [3.05, 3.63) is 45.3 Å². The van der Waals surface area contributed by atoms with Gasteiger partial charge in [0, 0.05) is 9.77 Å². The monoisotopic (exact) mass is 407 g/mol. The van der Waals surface area contributed by atoms with Gasteiger partial charge in [0.15, 0.2) is 0 Å². The summed E-state index contributed by atoms with van der Waals surface area (Å²) in [5.41, 5.74) is 0.563. The number of hydrogen-bond donors (Lipinski definition) is 3. The number of carboxylic acid groups (broad SMARTS) is 1. The zero-order chi connectivity index (χ0) is 14.8. The SMILES string of the molecule is O=C(O)c1cc(S(=O)(=O)NCc2ccn[nH]2)ccc1I. The van der Waals surface area contributed by atoms with Crippen molar-refractivity contribution in [3.8, 4) is 0 Å². The van der Waals surface area contributed by atoms with E-state index in [-0.39, 0.29) is 17.0 Å². The first-order chi connectivity index (χ1) is 9.40. The Bertz CT molecular complexity index is 728. The highest BCUT2D eigenvalue weighted by molar-refractivity contribution is 14.1. The van der Waals surface area contributed by atoms with Crippen molar-refractivity contribution in [1.82, 2.24) is 14.9 Å². The van der Waals surface area contributed by atoms with Crippen molar-refractivity contribution in [1.29, 1.82) is 0 Å². The van der Waals surface area contributed by atoms with E-state index in [0.717, 1.165) is 6.07 Å². The van der Waals surface area contributed by atoms with Gasteiger partial charge in [0.2, 0.25) is 10.0 Å². The van der Waals surface area contributed by atoms with Crippen LogP contribution in [0.1, 0.15) is 16.1 Å². The van der Waals surface area contributed by atoms with Gasteiger partial charge in [-0.1, -0.05) is 0 Å². The number of hydrogen-bond acceptors (Lipinski definition) is 4. The molecule has 0 bridgehead atoms. The standard InChI is InChI=1S/C11H10IN3O4S/c12-10-2-1-8(5-9(10)11(16)17)20(18,19)14-6-7-3-4-13-15-7/h1-5,14H,6H2,(H,13,15)(H,16,17). The average Bonchev–Trinajstić information content (AvgIpc) is 2.89. The molecule has 20 heavy (non-hydrogen) atoms. The molecule has 106 valence electrons. The summed E-state index contributed by atoms with van der Waals surface area (Å²) in [6.07, 6.45) is 1.51. The average molecular weight is 407 g/mol. The van der Waals surface area contributed by atoms with Crippen LogP contribution in [0.25, 0.3) is 0 Å². The smallest absolute Gasteiger partial charge is 0.336 e. The number of H-pyrrole nitrogens is 1. The van der Waals surface area contributed by atoms with Gasteiger partial charge in [-0.2, -0.15) is 5.10 Å². The highest BCUT2D eigenvalue weighted by Gasteiger charge is 2.18. The van der Waals surface area contributed by atoms with Crippen molar-refractivity contribution in [3.63, 3.8) is 0 Å². The van der Waals surface area contributed by atoms with E-state index in [9.17, 15) is 13.2 Å². The van der Waals surface area contributed by atoms with Crippen molar-refractivity contribution >= 4 is 38.6 Å². The van der Waals surface area contributed by atoms with E-state index in [1.807, 2.05) is 22.6 Å². The van der Waals surface area contributed by atoms with Crippen LogP contribution in [0.15, 0.2) is 35.4 Å². The topological polar surface area (TPSA) is 112 Å². The molecule has 0 atom stereocenters. The normalized spacial score (nSPS) is 11.4. The molecule has 0 unspecified atom stereocenters. The Morgan fingerprint density at radius 2 is 2.15 bits per heavy atom. The summed E-state index contributed by atoms with van der Waals surface area (Å²) < 4.78 is 27.0. The molecule has 3 N–H and O–H groups in total. The molecular weight excluding hydrogens is 397 g/mol. The molecule has 0 spiro atoms. The van der Waals surface area contributed by atoms with Crippen molar-refractivity contribution in [2.24, 2.45) is 0 Å². The van der Waals surface area contributed by atoms with Crippen LogP contribution in [0.4, 0.5) is 0 Å². The largest absolute Gasteiger partial charge is 0.478 e. The van der Waals surface area contributed by atoms with E-state index in [1.165, 1.54) is 18.3 Å². The molecule has 7 nitrogen and oxygen atoms in total. The van der Waals surface area contributed by atoms with Crippen molar-refractivity contribution < 1.29 is 18.3 Å². The molecule has 2 aromatic rings. The van der Waals surface area contributed by atoms with Crippen LogP contribution in [-0.2, 0) is 16.6 Å². The number of aromatic amines is 1. The third-order valence-corrected chi connectivity index (χ3v) is 4.83. The lowest BCUT2D eigenvalue weighted by Gasteiger charge is -2.07. The molecule has 0 fully saturated rings. The Balaban J connectivity index is 2.25. The first-order valence-electron chi connectivity index (χ1n) is 5.41. The van der Waals surface area contributed by atoms with E-state index >= 15 is 0 Å². The summed E-state index contributed by atoms with van der Waals surface area (Å²) >= 11 is 1.84. The maximum Gasteiger partial charge on any atom is 0.336 e. The van der Waals surface area contributed by atoms with Gasteiger partial charge in [-0.15, -0.1) is 0 Å². The second-order valence-electron chi connectivity index (χ2n) is 3.85. The number of aromatic carboxylic acids is 1. The molecule has 0 saturated carbocycles. The number of rotatable bonds is 5. The fraction of sp³-hybridized carbons (Fsp3) is 0.0909. The van der Waals surface area contributed by atoms with Crippen LogP contribution in [-0.4, -0.2) is 29.7 Å². The van der Waals surface area contributed by atoms with Gasteiger partial charge in [0.1, 0.15) is 0 Å². The number of benzene rings is 1. The fourth-order valence-corrected chi connectivity index (χ4v) is 3.07. The molecule has 1 aromatic heterocycles. The van der Waals surface area contributed by atoms with E-state index < -0.39 is 16.0 Å². The van der Waals surface area contributed by atoms with Gasteiger partial charge >= 0.3 is 5.97 Å². The first kappa shape index (κ1) is 14.9. The fourth-order valence-electron chi connectivity index (χ4n) is 1.47. The minimum absolute atomic E-state index is 0.0463. The summed E-state index contributed by atoms with van der Waals surface area (Å²) in [6.45, 7) is 0.0523. The Morgan fingerprint density at radius 1 is 1.40 bits per heavy atom. The van der Waals surface area contributed by atoms with Gasteiger partial charge in [-0.05, 0) is 46.9 Å². The first-order valence-corrected chi connectivity index (χ1v) is 7.97. The summed E-state index contributed by atoms with van der Waals surface area (Å²) in [7, 11) is -3.77. The number of halogens is 1. The lowest BCUT2D eigenvalue weighted by Crippen LogP contribution is -2.23.